The van der Waals surface area contributed by atoms with Gasteiger partial charge in [-0.3, -0.25) is 9.59 Å². The summed E-state index contributed by atoms with van der Waals surface area (Å²) in [5, 5.41) is 0. The Morgan fingerprint density at radius 2 is 1.57 bits per heavy atom. The molecule has 0 bridgehead atoms. The van der Waals surface area contributed by atoms with E-state index in [0.717, 1.165) is 37.9 Å². The predicted octanol–water partition coefficient (Wildman–Crippen LogP) is 2.73. The van der Waals surface area contributed by atoms with Crippen molar-refractivity contribution < 1.29 is 9.59 Å². The lowest BCUT2D eigenvalue weighted by Gasteiger charge is -2.25. The van der Waals surface area contributed by atoms with Crippen LogP contribution < -0.4 is 0 Å². The second kappa shape index (κ2) is 8.70. The molecule has 126 valence electrons. The van der Waals surface area contributed by atoms with Crippen LogP contribution in [0.2, 0.25) is 0 Å². The molecular weight excluding hydrogens is 288 g/mol. The van der Waals surface area contributed by atoms with Crippen molar-refractivity contribution in [1.82, 2.24) is 9.80 Å². The van der Waals surface area contributed by atoms with Crippen molar-refractivity contribution in [3.05, 3.63) is 35.9 Å². The first-order valence-electron chi connectivity index (χ1n) is 8.76. The third kappa shape index (κ3) is 4.81. The van der Waals surface area contributed by atoms with E-state index >= 15 is 0 Å². The molecule has 1 fully saturated rings. The van der Waals surface area contributed by atoms with Gasteiger partial charge in [0, 0.05) is 32.1 Å². The summed E-state index contributed by atoms with van der Waals surface area (Å²) in [6, 6.07) is 9.85. The second-order valence-electron chi connectivity index (χ2n) is 6.24. The molecule has 1 aromatic carbocycles. The smallest absolute Gasteiger partial charge is 0.227 e. The second-order valence-corrected chi connectivity index (χ2v) is 6.24. The van der Waals surface area contributed by atoms with Gasteiger partial charge in [-0.15, -0.1) is 0 Å². The van der Waals surface area contributed by atoms with Crippen LogP contribution in [0.4, 0.5) is 0 Å². The highest BCUT2D eigenvalue weighted by atomic mass is 16.2. The third-order valence-corrected chi connectivity index (χ3v) is 4.69. The molecular formula is C19H28N2O2. The van der Waals surface area contributed by atoms with Gasteiger partial charge in [0.05, 0.1) is 6.42 Å². The Balaban J connectivity index is 1.90. The largest absolute Gasteiger partial charge is 0.341 e. The van der Waals surface area contributed by atoms with E-state index in [1.54, 1.807) is 0 Å². The van der Waals surface area contributed by atoms with Crippen LogP contribution in [0.15, 0.2) is 30.3 Å². The van der Waals surface area contributed by atoms with Crippen molar-refractivity contribution in [3.63, 3.8) is 0 Å². The van der Waals surface area contributed by atoms with E-state index in [4.69, 9.17) is 0 Å². The molecule has 4 nitrogen and oxygen atoms in total. The molecule has 0 spiro atoms. The first kappa shape index (κ1) is 17.5. The molecule has 1 aliphatic rings. The zero-order chi connectivity index (χ0) is 16.7. The molecule has 2 amide bonds. The first-order valence-corrected chi connectivity index (χ1v) is 8.76. The highest BCUT2D eigenvalue weighted by Crippen LogP contribution is 2.14. The SMILES string of the molecule is CCC(CC)C(=O)N1CCCN(C(=O)Cc2ccccc2)CC1. The summed E-state index contributed by atoms with van der Waals surface area (Å²) in [4.78, 5) is 28.8. The maximum absolute atomic E-state index is 12.5. The normalized spacial score (nSPS) is 15.6. The summed E-state index contributed by atoms with van der Waals surface area (Å²) in [5.74, 6) is 0.543. The number of nitrogens with zero attached hydrogens (tertiary/aromatic N) is 2. The lowest BCUT2D eigenvalue weighted by atomic mass is 10.0. The molecule has 1 saturated heterocycles. The molecule has 1 aliphatic heterocycles. The van der Waals surface area contributed by atoms with Crippen LogP contribution in [0.1, 0.15) is 38.7 Å². The van der Waals surface area contributed by atoms with Gasteiger partial charge >= 0.3 is 0 Å². The van der Waals surface area contributed by atoms with Gasteiger partial charge in [-0.05, 0) is 24.8 Å². The zero-order valence-corrected chi connectivity index (χ0v) is 14.3. The van der Waals surface area contributed by atoms with Crippen LogP contribution in [0, 0.1) is 5.92 Å². The van der Waals surface area contributed by atoms with Crippen LogP contribution in [-0.2, 0) is 16.0 Å². The van der Waals surface area contributed by atoms with Crippen LogP contribution in [0.3, 0.4) is 0 Å². The van der Waals surface area contributed by atoms with Gasteiger partial charge in [0.2, 0.25) is 11.8 Å². The summed E-state index contributed by atoms with van der Waals surface area (Å²) in [5.41, 5.74) is 1.05. The van der Waals surface area contributed by atoms with Crippen molar-refractivity contribution >= 4 is 11.8 Å². The monoisotopic (exact) mass is 316 g/mol. The van der Waals surface area contributed by atoms with Crippen molar-refractivity contribution in [2.45, 2.75) is 39.5 Å². The molecule has 0 atom stereocenters. The minimum Gasteiger partial charge on any atom is -0.341 e. The number of rotatable bonds is 5. The number of carbonyl (C=O) groups excluding carboxylic acids is 2. The number of benzene rings is 1. The van der Waals surface area contributed by atoms with E-state index in [9.17, 15) is 9.59 Å². The van der Waals surface area contributed by atoms with E-state index in [1.165, 1.54) is 0 Å². The van der Waals surface area contributed by atoms with E-state index < -0.39 is 0 Å². The van der Waals surface area contributed by atoms with Crippen molar-refractivity contribution in [1.29, 1.82) is 0 Å². The molecule has 2 rings (SSSR count). The minimum atomic E-state index is 0.126. The molecule has 0 unspecified atom stereocenters. The van der Waals surface area contributed by atoms with Crippen LogP contribution >= 0.6 is 0 Å². The quantitative estimate of drug-likeness (QED) is 0.838. The lowest BCUT2D eigenvalue weighted by molar-refractivity contribution is -0.136. The van der Waals surface area contributed by atoms with Crippen molar-refractivity contribution in [2.24, 2.45) is 5.92 Å². The minimum absolute atomic E-state index is 0.126. The molecule has 1 aromatic rings. The number of amides is 2. The fraction of sp³-hybridized carbons (Fsp3) is 0.579. The zero-order valence-electron chi connectivity index (χ0n) is 14.3. The standard InChI is InChI=1S/C19H28N2O2/c1-3-17(4-2)19(23)21-12-8-11-20(13-14-21)18(22)15-16-9-6-5-7-10-16/h5-7,9-10,17H,3-4,8,11-15H2,1-2H3. The molecule has 0 saturated carbocycles. The van der Waals surface area contributed by atoms with Gasteiger partial charge in [-0.2, -0.15) is 0 Å². The number of hydrogen-bond acceptors (Lipinski definition) is 2. The van der Waals surface area contributed by atoms with Crippen LogP contribution in [-0.4, -0.2) is 47.8 Å². The average molecular weight is 316 g/mol. The predicted molar refractivity (Wildman–Crippen MR) is 92.0 cm³/mol. The van der Waals surface area contributed by atoms with Gasteiger partial charge in [-0.1, -0.05) is 44.2 Å². The Morgan fingerprint density at radius 3 is 2.22 bits per heavy atom. The van der Waals surface area contributed by atoms with Crippen LogP contribution in [0.5, 0.6) is 0 Å². The van der Waals surface area contributed by atoms with Gasteiger partial charge in [0.15, 0.2) is 0 Å². The molecule has 0 N–H and O–H groups in total. The Labute approximate surface area is 139 Å². The summed E-state index contributed by atoms with van der Waals surface area (Å²) in [6.45, 7) is 6.97. The molecule has 1 heterocycles. The van der Waals surface area contributed by atoms with E-state index in [1.807, 2.05) is 40.1 Å². The van der Waals surface area contributed by atoms with Gasteiger partial charge in [0.25, 0.3) is 0 Å². The summed E-state index contributed by atoms with van der Waals surface area (Å²) >= 11 is 0. The van der Waals surface area contributed by atoms with Gasteiger partial charge in [0.1, 0.15) is 0 Å². The Morgan fingerprint density at radius 1 is 0.957 bits per heavy atom. The first-order chi connectivity index (χ1) is 11.2. The molecule has 0 radical (unpaired) electrons. The molecule has 0 aliphatic carbocycles. The van der Waals surface area contributed by atoms with Gasteiger partial charge < -0.3 is 9.80 Å². The van der Waals surface area contributed by atoms with Crippen molar-refractivity contribution in [3.8, 4) is 0 Å². The summed E-state index contributed by atoms with van der Waals surface area (Å²) in [7, 11) is 0. The fourth-order valence-corrected chi connectivity index (χ4v) is 3.17. The molecule has 4 heteroatoms. The van der Waals surface area contributed by atoms with Crippen LogP contribution in [0.25, 0.3) is 0 Å². The summed E-state index contributed by atoms with van der Waals surface area (Å²) < 4.78 is 0. The summed E-state index contributed by atoms with van der Waals surface area (Å²) in [6.07, 6.45) is 3.10. The maximum atomic E-state index is 12.5. The Hall–Kier alpha value is -1.84. The Kier molecular flexibility index (Phi) is 6.63. The van der Waals surface area contributed by atoms with E-state index in [2.05, 4.69) is 13.8 Å². The van der Waals surface area contributed by atoms with Gasteiger partial charge in [-0.25, -0.2) is 0 Å². The highest BCUT2D eigenvalue weighted by Gasteiger charge is 2.25. The maximum Gasteiger partial charge on any atom is 0.227 e. The number of hydrogen-bond donors (Lipinski definition) is 0. The topological polar surface area (TPSA) is 40.6 Å². The number of carbonyl (C=O) groups is 2. The third-order valence-electron chi connectivity index (χ3n) is 4.69. The molecule has 0 aromatic heterocycles. The molecule has 23 heavy (non-hydrogen) atoms. The van der Waals surface area contributed by atoms with E-state index in [0.29, 0.717) is 19.5 Å². The fourth-order valence-electron chi connectivity index (χ4n) is 3.17. The lowest BCUT2D eigenvalue weighted by Crippen LogP contribution is -2.40. The highest BCUT2D eigenvalue weighted by molar-refractivity contribution is 5.80. The van der Waals surface area contributed by atoms with E-state index in [-0.39, 0.29) is 17.7 Å². The average Bonchev–Trinajstić information content (AvgIpc) is 2.83. The van der Waals surface area contributed by atoms with Crippen molar-refractivity contribution in [2.75, 3.05) is 26.2 Å². The Bertz CT molecular complexity index is 511.